The van der Waals surface area contributed by atoms with Crippen molar-refractivity contribution in [3.63, 3.8) is 0 Å². The zero-order valence-electron chi connectivity index (χ0n) is 11.8. The number of carbonyl (C=O) groups excluding carboxylic acids is 1. The van der Waals surface area contributed by atoms with Gasteiger partial charge in [0.25, 0.3) is 0 Å². The number of likely N-dealkylation sites (tertiary alicyclic amines) is 1. The van der Waals surface area contributed by atoms with Gasteiger partial charge in [-0.1, -0.05) is 19.3 Å². The van der Waals surface area contributed by atoms with E-state index in [0.717, 1.165) is 24.8 Å². The lowest BCUT2D eigenvalue weighted by Crippen LogP contribution is -2.30. The van der Waals surface area contributed by atoms with Crippen LogP contribution in [0.25, 0.3) is 0 Å². The maximum atomic E-state index is 11.4. The van der Waals surface area contributed by atoms with Crippen molar-refractivity contribution in [2.24, 2.45) is 5.41 Å². The second-order valence-corrected chi connectivity index (χ2v) is 8.02. The molecule has 1 spiro atoms. The first-order valence-electron chi connectivity index (χ1n) is 7.87. The molecule has 108 valence electrons. The predicted octanol–water partition coefficient (Wildman–Crippen LogP) is 2.26. The highest BCUT2D eigenvalue weighted by atomic mass is 32.2. The fourth-order valence-corrected chi connectivity index (χ4v) is 5.20. The average Bonchev–Trinajstić information content (AvgIpc) is 2.98. The van der Waals surface area contributed by atoms with Crippen molar-refractivity contribution < 1.29 is 4.79 Å². The Hall–Kier alpha value is -0.220. The van der Waals surface area contributed by atoms with Crippen LogP contribution < -0.4 is 5.32 Å². The van der Waals surface area contributed by atoms with Gasteiger partial charge in [-0.15, -0.1) is 0 Å². The van der Waals surface area contributed by atoms with Crippen molar-refractivity contribution >= 4 is 17.7 Å². The van der Waals surface area contributed by atoms with E-state index in [2.05, 4.69) is 22.0 Å². The summed E-state index contributed by atoms with van der Waals surface area (Å²) in [4.78, 5) is 14.0. The molecule has 1 N–H and O–H groups in total. The summed E-state index contributed by atoms with van der Waals surface area (Å²) in [6, 6.07) is 0. The summed E-state index contributed by atoms with van der Waals surface area (Å²) in [5.41, 5.74) is 0.284. The molecule has 3 nitrogen and oxygen atoms in total. The molecule has 1 atom stereocenters. The molecule has 4 heteroatoms. The number of hydrogen-bond acceptors (Lipinski definition) is 3. The molecule has 19 heavy (non-hydrogen) atoms. The van der Waals surface area contributed by atoms with Gasteiger partial charge in [-0.25, -0.2) is 0 Å². The smallest absolute Gasteiger partial charge is 0.220 e. The lowest BCUT2D eigenvalue weighted by Gasteiger charge is -2.24. The number of nitrogens with one attached hydrogen (secondary N) is 1. The fourth-order valence-electron chi connectivity index (χ4n) is 3.84. The SMILES string of the molecule is O=C1CC2(CCN(CCSC3CCCCC3)C2)CN1. The molecular formula is C15H26N2OS. The monoisotopic (exact) mass is 282 g/mol. The van der Waals surface area contributed by atoms with Crippen molar-refractivity contribution in [1.82, 2.24) is 10.2 Å². The molecule has 0 aromatic carbocycles. The van der Waals surface area contributed by atoms with Crippen LogP contribution in [0.4, 0.5) is 0 Å². The normalized spacial score (nSPS) is 33.2. The number of rotatable bonds is 4. The van der Waals surface area contributed by atoms with Crippen LogP contribution in [-0.4, -0.2) is 48.0 Å². The van der Waals surface area contributed by atoms with E-state index in [1.807, 2.05) is 0 Å². The third-order valence-electron chi connectivity index (χ3n) is 5.03. The Morgan fingerprint density at radius 3 is 2.89 bits per heavy atom. The van der Waals surface area contributed by atoms with Gasteiger partial charge < -0.3 is 10.2 Å². The van der Waals surface area contributed by atoms with Gasteiger partial charge in [-0.3, -0.25) is 4.79 Å². The summed E-state index contributed by atoms with van der Waals surface area (Å²) >= 11 is 2.19. The average molecular weight is 282 g/mol. The number of thioether (sulfide) groups is 1. The minimum Gasteiger partial charge on any atom is -0.355 e. The van der Waals surface area contributed by atoms with Crippen molar-refractivity contribution in [2.75, 3.05) is 31.9 Å². The molecule has 1 amide bonds. The van der Waals surface area contributed by atoms with Gasteiger partial charge in [-0.2, -0.15) is 11.8 Å². The third kappa shape index (κ3) is 3.46. The maximum Gasteiger partial charge on any atom is 0.220 e. The lowest BCUT2D eigenvalue weighted by atomic mass is 9.86. The molecule has 0 aromatic heterocycles. The Balaban J connectivity index is 1.36. The molecule has 1 aliphatic carbocycles. The van der Waals surface area contributed by atoms with Crippen LogP contribution in [0.15, 0.2) is 0 Å². The van der Waals surface area contributed by atoms with Crippen LogP contribution >= 0.6 is 11.8 Å². The Morgan fingerprint density at radius 2 is 2.16 bits per heavy atom. The van der Waals surface area contributed by atoms with Crippen LogP contribution in [0.1, 0.15) is 44.9 Å². The largest absolute Gasteiger partial charge is 0.355 e. The standard InChI is InChI=1S/C15H26N2OS/c18-14-10-15(11-16-14)6-7-17(12-15)8-9-19-13-4-2-1-3-5-13/h13H,1-12H2,(H,16,18). The molecule has 1 saturated carbocycles. The number of amides is 1. The minimum absolute atomic E-state index is 0.262. The number of nitrogens with zero attached hydrogens (tertiary/aromatic N) is 1. The summed E-state index contributed by atoms with van der Waals surface area (Å²) in [5.74, 6) is 1.54. The molecule has 3 fully saturated rings. The number of hydrogen-bond donors (Lipinski definition) is 1. The highest BCUT2D eigenvalue weighted by molar-refractivity contribution is 7.99. The van der Waals surface area contributed by atoms with E-state index in [1.54, 1.807) is 0 Å². The maximum absolute atomic E-state index is 11.4. The molecule has 3 rings (SSSR count). The highest BCUT2D eigenvalue weighted by Gasteiger charge is 2.43. The van der Waals surface area contributed by atoms with Gasteiger partial charge in [0.1, 0.15) is 0 Å². The summed E-state index contributed by atoms with van der Waals surface area (Å²) in [6.45, 7) is 4.46. The fraction of sp³-hybridized carbons (Fsp3) is 0.933. The van der Waals surface area contributed by atoms with E-state index in [1.165, 1.54) is 57.4 Å². The lowest BCUT2D eigenvalue weighted by molar-refractivity contribution is -0.119. The summed E-state index contributed by atoms with van der Waals surface area (Å²) in [6.07, 6.45) is 9.18. The summed E-state index contributed by atoms with van der Waals surface area (Å²) in [5, 5.41) is 3.94. The van der Waals surface area contributed by atoms with Gasteiger partial charge in [-0.05, 0) is 25.8 Å². The van der Waals surface area contributed by atoms with Crippen LogP contribution in [0, 0.1) is 5.41 Å². The Bertz CT molecular complexity index is 330. The first kappa shape index (κ1) is 13.7. The quantitative estimate of drug-likeness (QED) is 0.858. The van der Waals surface area contributed by atoms with Crippen LogP contribution in [0.3, 0.4) is 0 Å². The zero-order valence-corrected chi connectivity index (χ0v) is 12.6. The van der Waals surface area contributed by atoms with E-state index >= 15 is 0 Å². The molecule has 1 unspecified atom stereocenters. The molecule has 0 bridgehead atoms. The molecule has 0 radical (unpaired) electrons. The van der Waals surface area contributed by atoms with Gasteiger partial charge in [0.15, 0.2) is 0 Å². The van der Waals surface area contributed by atoms with E-state index in [4.69, 9.17) is 0 Å². The van der Waals surface area contributed by atoms with E-state index < -0.39 is 0 Å². The van der Waals surface area contributed by atoms with E-state index in [9.17, 15) is 4.79 Å². The molecular weight excluding hydrogens is 256 g/mol. The van der Waals surface area contributed by atoms with Gasteiger partial charge in [0, 0.05) is 42.5 Å². The van der Waals surface area contributed by atoms with Crippen molar-refractivity contribution in [3.8, 4) is 0 Å². The first-order valence-corrected chi connectivity index (χ1v) is 8.91. The Morgan fingerprint density at radius 1 is 1.32 bits per heavy atom. The molecule has 0 aromatic rings. The minimum atomic E-state index is 0.262. The Kier molecular flexibility index (Phi) is 4.37. The molecule has 2 heterocycles. The van der Waals surface area contributed by atoms with E-state index in [0.29, 0.717) is 0 Å². The van der Waals surface area contributed by atoms with Crippen molar-refractivity contribution in [3.05, 3.63) is 0 Å². The highest BCUT2D eigenvalue weighted by Crippen LogP contribution is 2.36. The second kappa shape index (κ2) is 6.04. The van der Waals surface area contributed by atoms with Gasteiger partial charge >= 0.3 is 0 Å². The third-order valence-corrected chi connectivity index (χ3v) is 6.39. The van der Waals surface area contributed by atoms with Crippen molar-refractivity contribution in [1.29, 1.82) is 0 Å². The van der Waals surface area contributed by atoms with Gasteiger partial charge in [0.05, 0.1) is 0 Å². The molecule has 2 aliphatic heterocycles. The van der Waals surface area contributed by atoms with E-state index in [-0.39, 0.29) is 11.3 Å². The molecule has 3 aliphatic rings. The topological polar surface area (TPSA) is 32.3 Å². The summed E-state index contributed by atoms with van der Waals surface area (Å²) in [7, 11) is 0. The van der Waals surface area contributed by atoms with Gasteiger partial charge in [0.2, 0.25) is 5.91 Å². The van der Waals surface area contributed by atoms with Crippen LogP contribution in [-0.2, 0) is 4.79 Å². The van der Waals surface area contributed by atoms with Crippen LogP contribution in [0.5, 0.6) is 0 Å². The Labute approximate surface area is 120 Å². The molecule has 2 saturated heterocycles. The van der Waals surface area contributed by atoms with Crippen LogP contribution in [0.2, 0.25) is 0 Å². The predicted molar refractivity (Wildman–Crippen MR) is 80.4 cm³/mol. The number of carbonyl (C=O) groups is 1. The second-order valence-electron chi connectivity index (χ2n) is 6.61. The van der Waals surface area contributed by atoms with Crippen molar-refractivity contribution in [2.45, 2.75) is 50.2 Å². The summed E-state index contributed by atoms with van der Waals surface area (Å²) < 4.78 is 0. The first-order chi connectivity index (χ1) is 9.26. The zero-order chi connectivity index (χ0) is 13.1.